The minimum Gasteiger partial charge on any atom is -0.317 e. The Kier molecular flexibility index (Phi) is 2.91. The van der Waals surface area contributed by atoms with Gasteiger partial charge in [-0.1, -0.05) is 30.3 Å². The average Bonchev–Trinajstić information content (AvgIpc) is 2.89. The molecule has 3 aliphatic carbocycles. The van der Waals surface area contributed by atoms with Gasteiger partial charge in [-0.05, 0) is 74.3 Å². The van der Waals surface area contributed by atoms with E-state index in [1.165, 1.54) is 31.2 Å². The minimum absolute atomic E-state index is 0.763. The van der Waals surface area contributed by atoms with Crippen molar-refractivity contribution in [3.63, 3.8) is 0 Å². The average molecular weight is 255 g/mol. The lowest BCUT2D eigenvalue weighted by molar-refractivity contribution is 0.364. The van der Waals surface area contributed by atoms with Crippen molar-refractivity contribution >= 4 is 0 Å². The van der Waals surface area contributed by atoms with Crippen LogP contribution < -0.4 is 5.32 Å². The largest absolute Gasteiger partial charge is 0.317 e. The van der Waals surface area contributed by atoms with Gasteiger partial charge in [0.25, 0.3) is 0 Å². The van der Waals surface area contributed by atoms with Crippen LogP contribution in [0.15, 0.2) is 30.3 Å². The summed E-state index contributed by atoms with van der Waals surface area (Å²) in [5.41, 5.74) is 1.50. The molecule has 1 N–H and O–H groups in total. The minimum atomic E-state index is 0.763. The Bertz CT molecular complexity index is 424. The van der Waals surface area contributed by atoms with Crippen molar-refractivity contribution in [3.8, 4) is 0 Å². The molecule has 102 valence electrons. The fourth-order valence-electron chi connectivity index (χ4n) is 5.43. The van der Waals surface area contributed by atoms with E-state index in [0.29, 0.717) is 0 Å². The molecular weight excluding hydrogens is 230 g/mol. The summed E-state index contributed by atoms with van der Waals surface area (Å²) in [5.74, 6) is 5.43. The topological polar surface area (TPSA) is 12.0 Å². The summed E-state index contributed by atoms with van der Waals surface area (Å²) in [7, 11) is 2.17. The Morgan fingerprint density at radius 3 is 2.42 bits per heavy atom. The van der Waals surface area contributed by atoms with E-state index in [9.17, 15) is 0 Å². The van der Waals surface area contributed by atoms with Gasteiger partial charge in [-0.3, -0.25) is 0 Å². The Morgan fingerprint density at radius 2 is 1.79 bits per heavy atom. The molecule has 3 aliphatic rings. The molecule has 0 spiro atoms. The fourth-order valence-corrected chi connectivity index (χ4v) is 5.43. The molecular formula is C18H25N. The van der Waals surface area contributed by atoms with Gasteiger partial charge in [-0.2, -0.15) is 0 Å². The van der Waals surface area contributed by atoms with E-state index in [4.69, 9.17) is 0 Å². The zero-order chi connectivity index (χ0) is 12.8. The molecule has 0 heterocycles. The number of hydrogen-bond donors (Lipinski definition) is 1. The van der Waals surface area contributed by atoms with E-state index in [1.807, 2.05) is 0 Å². The van der Waals surface area contributed by atoms with Gasteiger partial charge < -0.3 is 5.32 Å². The normalized spacial score (nSPS) is 40.2. The molecule has 0 radical (unpaired) electrons. The Hall–Kier alpha value is -0.820. The molecule has 0 amide bonds. The summed E-state index contributed by atoms with van der Waals surface area (Å²) in [5, 5.41) is 3.63. The van der Waals surface area contributed by atoms with E-state index in [-0.39, 0.29) is 0 Å². The summed E-state index contributed by atoms with van der Waals surface area (Å²) in [6, 6.07) is 11.7. The van der Waals surface area contributed by atoms with E-state index >= 15 is 0 Å². The third kappa shape index (κ3) is 1.94. The highest BCUT2D eigenvalue weighted by atomic mass is 14.9. The smallest absolute Gasteiger partial charge is 0.0101 e. The zero-order valence-corrected chi connectivity index (χ0v) is 11.9. The molecule has 1 aromatic carbocycles. The lowest BCUT2D eigenvalue weighted by Gasteiger charge is -2.20. The number of nitrogens with one attached hydrogen (secondary N) is 1. The van der Waals surface area contributed by atoms with Crippen LogP contribution in [0.2, 0.25) is 0 Å². The van der Waals surface area contributed by atoms with Crippen molar-refractivity contribution in [2.75, 3.05) is 7.05 Å². The molecule has 0 aromatic heterocycles. The third-order valence-electron chi connectivity index (χ3n) is 6.22. The highest BCUT2D eigenvalue weighted by molar-refractivity contribution is 5.18. The van der Waals surface area contributed by atoms with Crippen LogP contribution in [-0.2, 0) is 6.42 Å². The Balaban J connectivity index is 1.38. The molecule has 5 unspecified atom stereocenters. The molecule has 1 aromatic rings. The van der Waals surface area contributed by atoms with Crippen molar-refractivity contribution in [2.45, 2.75) is 38.1 Å². The van der Waals surface area contributed by atoms with Crippen molar-refractivity contribution < 1.29 is 0 Å². The van der Waals surface area contributed by atoms with E-state index in [2.05, 4.69) is 42.7 Å². The van der Waals surface area contributed by atoms with Gasteiger partial charge in [-0.15, -0.1) is 0 Å². The predicted octanol–water partition coefficient (Wildman–Crippen LogP) is 3.50. The number of rotatable bonds is 5. The predicted molar refractivity (Wildman–Crippen MR) is 78.9 cm³/mol. The maximum absolute atomic E-state index is 3.63. The summed E-state index contributed by atoms with van der Waals surface area (Å²) < 4.78 is 0. The second-order valence-electron chi connectivity index (χ2n) is 6.98. The van der Waals surface area contributed by atoms with Crippen LogP contribution in [-0.4, -0.2) is 13.1 Å². The highest BCUT2D eigenvalue weighted by Gasteiger charge is 2.66. The Morgan fingerprint density at radius 1 is 1.11 bits per heavy atom. The molecule has 0 saturated heterocycles. The maximum Gasteiger partial charge on any atom is 0.0101 e. The van der Waals surface area contributed by atoms with Gasteiger partial charge in [0.05, 0.1) is 0 Å². The molecule has 1 nitrogen and oxygen atoms in total. The van der Waals surface area contributed by atoms with Gasteiger partial charge in [0.15, 0.2) is 0 Å². The first-order chi connectivity index (χ1) is 9.38. The second-order valence-corrected chi connectivity index (χ2v) is 6.98. The zero-order valence-electron chi connectivity index (χ0n) is 11.9. The Labute approximate surface area is 116 Å². The van der Waals surface area contributed by atoms with E-state index in [1.54, 1.807) is 6.42 Å². The van der Waals surface area contributed by atoms with Crippen molar-refractivity contribution in [3.05, 3.63) is 35.9 Å². The van der Waals surface area contributed by atoms with Crippen molar-refractivity contribution in [1.82, 2.24) is 5.32 Å². The van der Waals surface area contributed by atoms with Crippen molar-refractivity contribution in [1.29, 1.82) is 0 Å². The van der Waals surface area contributed by atoms with Crippen LogP contribution in [0, 0.1) is 29.6 Å². The standard InChI is InChI=1S/C18H25N/c1-19-15(10-7-12-5-3-2-4-6-12)18-16-13-8-9-14(11-13)17(16)18/h2-6,13-19H,7-11H2,1H3. The van der Waals surface area contributed by atoms with Crippen LogP contribution in [0.3, 0.4) is 0 Å². The lowest BCUT2D eigenvalue weighted by Crippen LogP contribution is -2.30. The molecule has 0 aliphatic heterocycles. The molecule has 5 atom stereocenters. The van der Waals surface area contributed by atoms with Gasteiger partial charge in [0.2, 0.25) is 0 Å². The SMILES string of the molecule is CNC(CCc1ccccc1)C1C2C3CCC(C3)C21. The number of aryl methyl sites for hydroxylation is 1. The van der Waals surface area contributed by atoms with Gasteiger partial charge >= 0.3 is 0 Å². The quantitative estimate of drug-likeness (QED) is 0.849. The summed E-state index contributed by atoms with van der Waals surface area (Å²) in [4.78, 5) is 0. The van der Waals surface area contributed by atoms with E-state index < -0.39 is 0 Å². The van der Waals surface area contributed by atoms with Crippen LogP contribution >= 0.6 is 0 Å². The molecule has 3 saturated carbocycles. The van der Waals surface area contributed by atoms with Crippen molar-refractivity contribution in [2.24, 2.45) is 29.6 Å². The fraction of sp³-hybridized carbons (Fsp3) is 0.667. The van der Waals surface area contributed by atoms with Gasteiger partial charge in [-0.25, -0.2) is 0 Å². The highest BCUT2D eigenvalue weighted by Crippen LogP contribution is 2.70. The molecule has 19 heavy (non-hydrogen) atoms. The van der Waals surface area contributed by atoms with E-state index in [0.717, 1.165) is 35.6 Å². The lowest BCUT2D eigenvalue weighted by atomic mass is 9.93. The first kappa shape index (κ1) is 12.0. The summed E-state index contributed by atoms with van der Waals surface area (Å²) in [6.45, 7) is 0. The molecule has 2 bridgehead atoms. The van der Waals surface area contributed by atoms with Gasteiger partial charge in [0, 0.05) is 6.04 Å². The van der Waals surface area contributed by atoms with Crippen LogP contribution in [0.4, 0.5) is 0 Å². The summed E-state index contributed by atoms with van der Waals surface area (Å²) in [6.07, 6.45) is 7.20. The first-order valence-corrected chi connectivity index (χ1v) is 8.09. The molecule has 4 rings (SSSR count). The molecule has 1 heteroatoms. The first-order valence-electron chi connectivity index (χ1n) is 8.09. The van der Waals surface area contributed by atoms with Crippen LogP contribution in [0.1, 0.15) is 31.2 Å². The summed E-state index contributed by atoms with van der Waals surface area (Å²) >= 11 is 0. The number of hydrogen-bond acceptors (Lipinski definition) is 1. The second kappa shape index (κ2) is 4.63. The van der Waals surface area contributed by atoms with Gasteiger partial charge in [0.1, 0.15) is 0 Å². The maximum atomic E-state index is 3.63. The van der Waals surface area contributed by atoms with Crippen LogP contribution in [0.5, 0.6) is 0 Å². The number of fused-ring (bicyclic) bond motifs is 5. The third-order valence-corrected chi connectivity index (χ3v) is 6.22. The monoisotopic (exact) mass is 255 g/mol. The van der Waals surface area contributed by atoms with Crippen LogP contribution in [0.25, 0.3) is 0 Å². The number of benzene rings is 1. The molecule has 3 fully saturated rings.